The van der Waals surface area contributed by atoms with Gasteiger partial charge >= 0.3 is 12.1 Å². The van der Waals surface area contributed by atoms with E-state index in [1.807, 2.05) is 0 Å². The molecule has 0 aliphatic carbocycles. The second-order valence-electron chi connectivity index (χ2n) is 6.33. The van der Waals surface area contributed by atoms with E-state index >= 15 is 0 Å². The summed E-state index contributed by atoms with van der Waals surface area (Å²) in [6.07, 6.45) is -4.58. The number of nitrogens with two attached hydrogens (primary N) is 1. The van der Waals surface area contributed by atoms with Crippen molar-refractivity contribution in [2.24, 2.45) is 5.73 Å². The molecule has 2 aromatic rings. The zero-order chi connectivity index (χ0) is 21.8. The van der Waals surface area contributed by atoms with E-state index in [1.54, 1.807) is 24.3 Å². The van der Waals surface area contributed by atoms with Crippen molar-refractivity contribution in [1.82, 2.24) is 15.0 Å². The SMILES string of the molecule is N=S(=O)(CCC(n1ncc(-c2ccccc2Cl)n1)C(F)(F)F)CC[C@H](N)C(=O)O. The van der Waals surface area contributed by atoms with Crippen molar-refractivity contribution in [2.75, 3.05) is 11.5 Å². The van der Waals surface area contributed by atoms with Gasteiger partial charge in [-0.25, -0.2) is 4.21 Å². The molecule has 2 unspecified atom stereocenters. The lowest BCUT2D eigenvalue weighted by molar-refractivity contribution is -0.173. The number of carbonyl (C=O) groups is 1. The lowest BCUT2D eigenvalue weighted by atomic mass is 10.2. The molecule has 160 valence electrons. The van der Waals surface area contributed by atoms with Crippen LogP contribution in [0.2, 0.25) is 5.02 Å². The summed E-state index contributed by atoms with van der Waals surface area (Å²) in [6, 6.07) is 2.94. The number of hydrogen-bond donors (Lipinski definition) is 3. The monoisotopic (exact) mass is 453 g/mol. The molecular weight excluding hydrogens is 435 g/mol. The lowest BCUT2D eigenvalue weighted by Crippen LogP contribution is -2.33. The van der Waals surface area contributed by atoms with E-state index in [1.165, 1.54) is 0 Å². The molecular formula is C16H19ClF3N5O3S. The number of nitrogens with zero attached hydrogens (tertiary/aromatic N) is 3. The summed E-state index contributed by atoms with van der Waals surface area (Å²) in [5, 5.41) is 16.5. The predicted octanol–water partition coefficient (Wildman–Crippen LogP) is 2.94. The maximum Gasteiger partial charge on any atom is 0.412 e. The maximum atomic E-state index is 13.5. The summed E-state index contributed by atoms with van der Waals surface area (Å²) in [4.78, 5) is 11.2. The molecule has 1 aromatic heterocycles. The maximum absolute atomic E-state index is 13.5. The number of rotatable bonds is 9. The van der Waals surface area contributed by atoms with Crippen LogP contribution in [-0.4, -0.2) is 54.0 Å². The zero-order valence-corrected chi connectivity index (χ0v) is 16.5. The van der Waals surface area contributed by atoms with Gasteiger partial charge in [0.25, 0.3) is 0 Å². The molecule has 0 amide bonds. The normalized spacial score (nSPS) is 16.2. The third-order valence-corrected chi connectivity index (χ3v) is 6.23. The number of halogens is 4. The number of alkyl halides is 3. The van der Waals surface area contributed by atoms with E-state index in [-0.39, 0.29) is 12.1 Å². The molecule has 2 rings (SSSR count). The predicted molar refractivity (Wildman–Crippen MR) is 101 cm³/mol. The first-order chi connectivity index (χ1) is 13.4. The van der Waals surface area contributed by atoms with Crippen molar-refractivity contribution >= 4 is 27.3 Å². The van der Waals surface area contributed by atoms with Crippen LogP contribution in [0.25, 0.3) is 11.3 Å². The molecule has 1 heterocycles. The molecule has 8 nitrogen and oxygen atoms in total. The highest BCUT2D eigenvalue weighted by atomic mass is 35.5. The molecule has 4 N–H and O–H groups in total. The first kappa shape index (κ1) is 23.1. The molecule has 0 bridgehead atoms. The summed E-state index contributed by atoms with van der Waals surface area (Å²) in [5.41, 5.74) is 5.84. The number of benzene rings is 1. The van der Waals surface area contributed by atoms with Gasteiger partial charge in [-0.2, -0.15) is 28.2 Å². The van der Waals surface area contributed by atoms with Crippen molar-refractivity contribution in [3.05, 3.63) is 35.5 Å². The fourth-order valence-electron chi connectivity index (χ4n) is 2.47. The second kappa shape index (κ2) is 9.09. The van der Waals surface area contributed by atoms with Gasteiger partial charge in [-0.1, -0.05) is 29.8 Å². The van der Waals surface area contributed by atoms with Gasteiger partial charge in [0.15, 0.2) is 6.04 Å². The number of aliphatic carboxylic acids is 1. The summed E-state index contributed by atoms with van der Waals surface area (Å²) in [6.45, 7) is 0. The van der Waals surface area contributed by atoms with Crippen LogP contribution >= 0.6 is 11.6 Å². The van der Waals surface area contributed by atoms with E-state index < -0.39 is 51.9 Å². The number of hydrogen-bond acceptors (Lipinski definition) is 6. The van der Waals surface area contributed by atoms with Gasteiger partial charge in [-0.3, -0.25) is 9.57 Å². The Labute approximate surface area is 169 Å². The summed E-state index contributed by atoms with van der Waals surface area (Å²) < 4.78 is 60.5. The van der Waals surface area contributed by atoms with Crippen molar-refractivity contribution in [3.63, 3.8) is 0 Å². The molecule has 0 radical (unpaired) electrons. The van der Waals surface area contributed by atoms with Crippen molar-refractivity contribution in [3.8, 4) is 11.3 Å². The number of carboxylic acid groups (broad SMARTS) is 1. The van der Waals surface area contributed by atoms with Crippen LogP contribution in [0.3, 0.4) is 0 Å². The van der Waals surface area contributed by atoms with Gasteiger partial charge in [0.2, 0.25) is 0 Å². The largest absolute Gasteiger partial charge is 0.480 e. The fraction of sp³-hybridized carbons (Fsp3) is 0.438. The molecule has 0 spiro atoms. The van der Waals surface area contributed by atoms with Crippen LogP contribution in [0.1, 0.15) is 18.9 Å². The number of nitrogens with one attached hydrogen (secondary N) is 1. The molecule has 0 aliphatic rings. The average molecular weight is 454 g/mol. The average Bonchev–Trinajstić information content (AvgIpc) is 3.08. The Balaban J connectivity index is 2.15. The fourth-order valence-corrected chi connectivity index (χ4v) is 4.15. The minimum absolute atomic E-state index is 0.142. The Morgan fingerprint density at radius 1 is 1.31 bits per heavy atom. The summed E-state index contributed by atoms with van der Waals surface area (Å²) in [7, 11) is -3.46. The van der Waals surface area contributed by atoms with Gasteiger partial charge in [0.1, 0.15) is 11.7 Å². The number of carboxylic acids is 1. The van der Waals surface area contributed by atoms with E-state index in [0.29, 0.717) is 15.4 Å². The summed E-state index contributed by atoms with van der Waals surface area (Å²) >= 11 is 6.03. The highest BCUT2D eigenvalue weighted by Crippen LogP contribution is 2.34. The van der Waals surface area contributed by atoms with Gasteiger partial charge in [0.05, 0.1) is 11.2 Å². The Hall–Kier alpha value is -2.18. The van der Waals surface area contributed by atoms with Crippen LogP contribution in [0.5, 0.6) is 0 Å². The molecule has 1 aromatic carbocycles. The van der Waals surface area contributed by atoms with E-state index in [4.69, 9.17) is 27.2 Å². The number of aromatic nitrogens is 3. The molecule has 0 aliphatic heterocycles. The summed E-state index contributed by atoms with van der Waals surface area (Å²) in [5.74, 6) is -2.35. The quantitative estimate of drug-likeness (QED) is 0.534. The molecule has 29 heavy (non-hydrogen) atoms. The lowest BCUT2D eigenvalue weighted by Gasteiger charge is -2.20. The minimum Gasteiger partial charge on any atom is -0.480 e. The van der Waals surface area contributed by atoms with Crippen molar-refractivity contribution in [2.45, 2.75) is 31.1 Å². The molecule has 13 heteroatoms. The van der Waals surface area contributed by atoms with Crippen molar-refractivity contribution in [1.29, 1.82) is 4.78 Å². The Bertz CT molecular complexity index is 965. The first-order valence-corrected chi connectivity index (χ1v) is 10.6. The van der Waals surface area contributed by atoms with Gasteiger partial charge < -0.3 is 10.8 Å². The van der Waals surface area contributed by atoms with E-state index in [2.05, 4.69) is 10.2 Å². The van der Waals surface area contributed by atoms with Crippen LogP contribution in [0, 0.1) is 4.78 Å². The van der Waals surface area contributed by atoms with Crippen LogP contribution < -0.4 is 5.73 Å². The Morgan fingerprint density at radius 3 is 2.52 bits per heavy atom. The van der Waals surface area contributed by atoms with E-state index in [0.717, 1.165) is 6.20 Å². The topological polar surface area (TPSA) is 135 Å². The molecule has 0 saturated heterocycles. The van der Waals surface area contributed by atoms with Crippen LogP contribution in [0.4, 0.5) is 13.2 Å². The van der Waals surface area contributed by atoms with E-state index in [9.17, 15) is 22.2 Å². The third-order valence-electron chi connectivity index (χ3n) is 4.11. The highest BCUT2D eigenvalue weighted by Gasteiger charge is 2.43. The van der Waals surface area contributed by atoms with Gasteiger partial charge in [0, 0.05) is 26.8 Å². The van der Waals surface area contributed by atoms with Crippen molar-refractivity contribution < 1.29 is 27.3 Å². The zero-order valence-electron chi connectivity index (χ0n) is 15.0. The first-order valence-electron chi connectivity index (χ1n) is 8.37. The van der Waals surface area contributed by atoms with Crippen LogP contribution in [-0.2, 0) is 14.5 Å². The smallest absolute Gasteiger partial charge is 0.412 e. The molecule has 0 saturated carbocycles. The minimum atomic E-state index is -4.75. The van der Waals surface area contributed by atoms with Gasteiger partial charge in [-0.15, -0.1) is 0 Å². The molecule has 0 fully saturated rings. The Kier molecular flexibility index (Phi) is 7.25. The van der Waals surface area contributed by atoms with Gasteiger partial charge in [-0.05, 0) is 18.9 Å². The standard InChI is InChI=1S/C16H19ClF3N5O3S/c17-11-4-2-1-3-10(11)13-9-23-25(24-13)14(16(18,19)20)6-8-29(22,28)7-5-12(21)15(26)27/h1-4,9,12,14,22H,5-8,21H2,(H,26,27)/t12-,14?,29?/m0/s1. The Morgan fingerprint density at radius 2 is 1.93 bits per heavy atom. The highest BCUT2D eigenvalue weighted by molar-refractivity contribution is 7.92. The molecule has 3 atom stereocenters. The third kappa shape index (κ3) is 6.41. The second-order valence-corrected chi connectivity index (χ2v) is 9.18. The van der Waals surface area contributed by atoms with Crippen LogP contribution in [0.15, 0.2) is 30.5 Å².